The number of fused-ring (bicyclic) bond motifs is 1. The fourth-order valence-corrected chi connectivity index (χ4v) is 4.89. The van der Waals surface area contributed by atoms with Gasteiger partial charge in [0.05, 0.1) is 11.7 Å². The average Bonchev–Trinajstić information content (AvgIpc) is 2.78. The molecule has 3 aromatic carbocycles. The summed E-state index contributed by atoms with van der Waals surface area (Å²) in [6.07, 6.45) is 1.37. The molecule has 1 aliphatic rings. The van der Waals surface area contributed by atoms with Crippen molar-refractivity contribution in [1.82, 2.24) is 0 Å². The molecule has 0 fully saturated rings. The molecule has 0 bridgehead atoms. The van der Waals surface area contributed by atoms with E-state index in [0.717, 1.165) is 34.1 Å². The maximum atomic E-state index is 13.4. The number of carbonyl (C=O) groups is 1. The summed E-state index contributed by atoms with van der Waals surface area (Å²) < 4.78 is 6.69. The number of hydrogen-bond donors (Lipinski definition) is 0. The lowest BCUT2D eigenvalue weighted by atomic mass is 9.89. The SMILES string of the molecule is CC(C)c1cc(Br)c2c(c1)CCC(c1ccc(Cl)cc1)N2C(=O)OCc1ccccc1. The second-order valence-electron chi connectivity index (χ2n) is 8.18. The molecule has 1 atom stereocenters. The third kappa shape index (κ3) is 4.81. The van der Waals surface area contributed by atoms with Gasteiger partial charge in [-0.15, -0.1) is 0 Å². The molecule has 0 saturated carbocycles. The van der Waals surface area contributed by atoms with Gasteiger partial charge in [0.1, 0.15) is 6.61 Å². The molecule has 3 nitrogen and oxygen atoms in total. The molecule has 31 heavy (non-hydrogen) atoms. The van der Waals surface area contributed by atoms with Crippen LogP contribution in [-0.4, -0.2) is 6.09 Å². The van der Waals surface area contributed by atoms with Crippen molar-refractivity contribution in [3.05, 3.63) is 98.5 Å². The van der Waals surface area contributed by atoms with E-state index in [0.29, 0.717) is 10.9 Å². The molecule has 160 valence electrons. The van der Waals surface area contributed by atoms with Crippen LogP contribution in [0, 0.1) is 0 Å². The lowest BCUT2D eigenvalue weighted by molar-refractivity contribution is 0.143. The van der Waals surface area contributed by atoms with E-state index in [1.165, 1.54) is 11.1 Å². The highest BCUT2D eigenvalue weighted by Crippen LogP contribution is 2.44. The van der Waals surface area contributed by atoms with Gasteiger partial charge in [-0.3, -0.25) is 4.90 Å². The van der Waals surface area contributed by atoms with Gasteiger partial charge in [0.15, 0.2) is 0 Å². The molecule has 0 spiro atoms. The first-order valence-electron chi connectivity index (χ1n) is 10.5. The van der Waals surface area contributed by atoms with Gasteiger partial charge in [-0.25, -0.2) is 4.79 Å². The van der Waals surface area contributed by atoms with Crippen molar-refractivity contribution >= 4 is 39.3 Å². The van der Waals surface area contributed by atoms with Crippen LogP contribution in [0.25, 0.3) is 0 Å². The monoisotopic (exact) mass is 497 g/mol. The van der Waals surface area contributed by atoms with Crippen molar-refractivity contribution in [2.45, 2.75) is 45.3 Å². The quantitative estimate of drug-likeness (QED) is 0.364. The zero-order valence-electron chi connectivity index (χ0n) is 17.6. The van der Waals surface area contributed by atoms with Crippen LogP contribution in [0.1, 0.15) is 54.5 Å². The Morgan fingerprint density at radius 1 is 1.13 bits per heavy atom. The van der Waals surface area contributed by atoms with E-state index in [2.05, 4.69) is 41.9 Å². The second-order valence-corrected chi connectivity index (χ2v) is 9.47. The number of nitrogens with zero attached hydrogens (tertiary/aromatic N) is 1. The van der Waals surface area contributed by atoms with Crippen LogP contribution < -0.4 is 4.90 Å². The largest absolute Gasteiger partial charge is 0.444 e. The normalized spacial score (nSPS) is 15.6. The number of halogens is 2. The summed E-state index contributed by atoms with van der Waals surface area (Å²) in [6, 6.07) is 21.7. The topological polar surface area (TPSA) is 29.5 Å². The van der Waals surface area contributed by atoms with E-state index in [1.54, 1.807) is 4.90 Å². The van der Waals surface area contributed by atoms with Crippen molar-refractivity contribution in [2.24, 2.45) is 0 Å². The van der Waals surface area contributed by atoms with Crippen LogP contribution in [0.2, 0.25) is 5.02 Å². The van der Waals surface area contributed by atoms with Gasteiger partial charge < -0.3 is 4.74 Å². The van der Waals surface area contributed by atoms with E-state index in [-0.39, 0.29) is 18.7 Å². The zero-order valence-corrected chi connectivity index (χ0v) is 20.0. The smallest absolute Gasteiger partial charge is 0.415 e. The molecule has 0 saturated heterocycles. The van der Waals surface area contributed by atoms with Crippen LogP contribution in [-0.2, 0) is 17.8 Å². The summed E-state index contributed by atoms with van der Waals surface area (Å²) in [5, 5.41) is 0.681. The first kappa shape index (κ1) is 21.9. The molecule has 0 N–H and O–H groups in total. The van der Waals surface area contributed by atoms with E-state index in [9.17, 15) is 4.79 Å². The highest BCUT2D eigenvalue weighted by atomic mass is 79.9. The van der Waals surface area contributed by atoms with Crippen molar-refractivity contribution < 1.29 is 9.53 Å². The standard InChI is InChI=1S/C26H25BrClNO2/c1-17(2)21-14-20-10-13-24(19-8-11-22(28)12-9-19)29(25(20)23(27)15-21)26(30)31-16-18-6-4-3-5-7-18/h3-9,11-12,14-15,17,24H,10,13,16H2,1-2H3. The summed E-state index contributed by atoms with van der Waals surface area (Å²) >= 11 is 9.85. The first-order valence-corrected chi connectivity index (χ1v) is 11.7. The van der Waals surface area contributed by atoms with E-state index >= 15 is 0 Å². The number of hydrogen-bond acceptors (Lipinski definition) is 2. The Morgan fingerprint density at radius 3 is 2.52 bits per heavy atom. The number of amides is 1. The Morgan fingerprint density at radius 2 is 1.84 bits per heavy atom. The van der Waals surface area contributed by atoms with Crippen molar-refractivity contribution in [3.8, 4) is 0 Å². The molecule has 1 unspecified atom stereocenters. The van der Waals surface area contributed by atoms with Crippen LogP contribution in [0.5, 0.6) is 0 Å². The van der Waals surface area contributed by atoms with Gasteiger partial charge in [0, 0.05) is 9.50 Å². The molecule has 1 heterocycles. The molecule has 1 aliphatic heterocycles. The highest BCUT2D eigenvalue weighted by molar-refractivity contribution is 9.10. The van der Waals surface area contributed by atoms with Crippen LogP contribution in [0.4, 0.5) is 10.5 Å². The van der Waals surface area contributed by atoms with Gasteiger partial charge in [-0.1, -0.05) is 74.0 Å². The van der Waals surface area contributed by atoms with Crippen molar-refractivity contribution in [3.63, 3.8) is 0 Å². The highest BCUT2D eigenvalue weighted by Gasteiger charge is 2.35. The molecular formula is C26H25BrClNO2. The lowest BCUT2D eigenvalue weighted by Gasteiger charge is -2.38. The molecule has 0 radical (unpaired) electrons. The minimum Gasteiger partial charge on any atom is -0.444 e. The molecule has 1 amide bonds. The Hall–Kier alpha value is -2.30. The number of carbonyl (C=O) groups excluding carboxylic acids is 1. The first-order chi connectivity index (χ1) is 14.9. The van der Waals surface area contributed by atoms with Crippen molar-refractivity contribution in [1.29, 1.82) is 0 Å². The average molecular weight is 499 g/mol. The van der Waals surface area contributed by atoms with Crippen LogP contribution >= 0.6 is 27.5 Å². The summed E-state index contributed by atoms with van der Waals surface area (Å²) in [4.78, 5) is 15.2. The number of aryl methyl sites for hydroxylation is 1. The Labute approximate surface area is 197 Å². The maximum Gasteiger partial charge on any atom is 0.415 e. The summed E-state index contributed by atoms with van der Waals surface area (Å²) in [6.45, 7) is 4.60. The minimum atomic E-state index is -0.345. The third-order valence-corrected chi connectivity index (χ3v) is 6.58. The molecule has 5 heteroatoms. The van der Waals surface area contributed by atoms with Crippen molar-refractivity contribution in [2.75, 3.05) is 4.90 Å². The lowest BCUT2D eigenvalue weighted by Crippen LogP contribution is -2.39. The van der Waals surface area contributed by atoms with Crippen LogP contribution in [0.3, 0.4) is 0 Å². The fraction of sp³-hybridized carbons (Fsp3) is 0.269. The Kier molecular flexibility index (Phi) is 6.68. The minimum absolute atomic E-state index is 0.116. The molecule has 4 rings (SSSR count). The summed E-state index contributed by atoms with van der Waals surface area (Å²) in [7, 11) is 0. The number of anilines is 1. The van der Waals surface area contributed by atoms with E-state index < -0.39 is 0 Å². The molecule has 0 aliphatic carbocycles. The van der Waals surface area contributed by atoms with E-state index in [4.69, 9.17) is 16.3 Å². The van der Waals surface area contributed by atoms with Gasteiger partial charge in [-0.05, 0) is 75.1 Å². The van der Waals surface area contributed by atoms with Gasteiger partial charge in [0.25, 0.3) is 0 Å². The summed E-state index contributed by atoms with van der Waals surface area (Å²) in [5.41, 5.74) is 5.33. The predicted octanol–water partition coefficient (Wildman–Crippen LogP) is 8.06. The Balaban J connectivity index is 1.72. The van der Waals surface area contributed by atoms with Crippen LogP contribution in [0.15, 0.2) is 71.2 Å². The molecule has 0 aromatic heterocycles. The zero-order chi connectivity index (χ0) is 22.0. The number of benzene rings is 3. The van der Waals surface area contributed by atoms with Gasteiger partial charge in [-0.2, -0.15) is 0 Å². The molecular weight excluding hydrogens is 474 g/mol. The maximum absolute atomic E-state index is 13.4. The van der Waals surface area contributed by atoms with Gasteiger partial charge >= 0.3 is 6.09 Å². The fourth-order valence-electron chi connectivity index (χ4n) is 4.06. The van der Waals surface area contributed by atoms with E-state index in [1.807, 2.05) is 54.6 Å². The predicted molar refractivity (Wildman–Crippen MR) is 130 cm³/mol. The summed E-state index contributed by atoms with van der Waals surface area (Å²) in [5.74, 6) is 0.411. The third-order valence-electron chi connectivity index (χ3n) is 5.73. The second kappa shape index (κ2) is 9.46. The van der Waals surface area contributed by atoms with Gasteiger partial charge in [0.2, 0.25) is 0 Å². The molecule has 3 aromatic rings. The Bertz CT molecular complexity index is 1070. The number of ether oxygens (including phenoxy) is 1. The number of rotatable bonds is 4.